The highest BCUT2D eigenvalue weighted by Crippen LogP contribution is 2.39. The topological polar surface area (TPSA) is 220 Å². The first kappa shape index (κ1) is 67.6. The number of nitrogens with zero attached hydrogens (tertiary/aromatic N) is 1. The molecule has 1 saturated carbocycles. The molecule has 4 rings (SSSR count). The normalized spacial score (nSPS) is 34.6. The van der Waals surface area contributed by atoms with Gasteiger partial charge in [0.15, 0.2) is 5.78 Å². The van der Waals surface area contributed by atoms with Gasteiger partial charge >= 0.3 is 11.9 Å². The Kier molecular flexibility index (Phi) is 26.9. The number of aliphatic hydroxyl groups is 2. The first-order valence-electron chi connectivity index (χ1n) is 29.1. The zero-order valence-electron chi connectivity index (χ0n) is 50.4. The summed E-state index contributed by atoms with van der Waals surface area (Å²) in [5.41, 5.74) is 0.171. The van der Waals surface area contributed by atoms with E-state index in [4.69, 9.17) is 37.9 Å². The number of cyclic esters (lactones) is 1. The van der Waals surface area contributed by atoms with Gasteiger partial charge in [-0.25, -0.2) is 4.79 Å². The monoisotopic (exact) mass is 1110 g/mol. The number of fused-ring (bicyclic) bond motifs is 3. The SMILES string of the molecule is CO[C@H]1C[C@@H]2CC[C@@H](C)[C@@](O)(O2)C(=O)C(=O)N2CCCC[C@H]2C(=O)O[C@H]([C@H](C)C[C@@H]2CC[C@@H](OC(=O)C(C)(COC(C)C)COC(C)C)[C@H](OC)C2)CC(=O)[C@H](C)/C=C(\C)[C@@H](O)[C@@H](OC)C(=O)[C@H](C)C[C@H](C)/C=C/C=CC=C1C. The number of ether oxygens (including phenoxy) is 8. The Labute approximate surface area is 471 Å². The van der Waals surface area contributed by atoms with Crippen molar-refractivity contribution in [1.29, 1.82) is 0 Å². The van der Waals surface area contributed by atoms with Crippen LogP contribution >= 0.6 is 0 Å². The summed E-state index contributed by atoms with van der Waals surface area (Å²) < 4.78 is 48.0. The number of rotatable bonds is 14. The summed E-state index contributed by atoms with van der Waals surface area (Å²) in [6, 6.07) is -1.19. The van der Waals surface area contributed by atoms with Crippen LogP contribution in [0, 0.1) is 40.9 Å². The molecule has 79 heavy (non-hydrogen) atoms. The summed E-state index contributed by atoms with van der Waals surface area (Å²) in [6.07, 6.45) is 10.2. The Morgan fingerprint density at radius 3 is 2.10 bits per heavy atom. The number of hydrogen-bond acceptors (Lipinski definition) is 16. The van der Waals surface area contributed by atoms with Gasteiger partial charge in [0.1, 0.15) is 41.7 Å². The van der Waals surface area contributed by atoms with Gasteiger partial charge in [-0.15, -0.1) is 0 Å². The minimum atomic E-state index is -2.46. The van der Waals surface area contributed by atoms with Crippen LogP contribution in [-0.2, 0) is 66.7 Å². The average Bonchev–Trinajstić information content (AvgIpc) is 3.42. The molecule has 0 unspecified atom stereocenters. The van der Waals surface area contributed by atoms with E-state index in [9.17, 15) is 39.0 Å². The largest absolute Gasteiger partial charge is 0.460 e. The molecule has 15 atom stereocenters. The van der Waals surface area contributed by atoms with Crippen LogP contribution in [0.4, 0.5) is 0 Å². The molecule has 0 aromatic rings. The third-order valence-corrected chi connectivity index (χ3v) is 16.7. The molecule has 2 saturated heterocycles. The second-order valence-corrected chi connectivity index (χ2v) is 24.2. The number of ketones is 3. The highest BCUT2D eigenvalue weighted by molar-refractivity contribution is 6.39. The van der Waals surface area contributed by atoms with Crippen molar-refractivity contribution in [2.24, 2.45) is 40.9 Å². The first-order chi connectivity index (χ1) is 37.2. The first-order valence-corrected chi connectivity index (χ1v) is 29.1. The maximum Gasteiger partial charge on any atom is 0.329 e. The molecule has 4 aliphatic rings. The van der Waals surface area contributed by atoms with Gasteiger partial charge in [0.25, 0.3) is 11.7 Å². The molecule has 2 bridgehead atoms. The number of carbonyl (C=O) groups is 6. The second kappa shape index (κ2) is 31.5. The number of amides is 1. The molecule has 2 N–H and O–H groups in total. The van der Waals surface area contributed by atoms with Gasteiger partial charge in [0.05, 0.1) is 43.7 Å². The van der Waals surface area contributed by atoms with Gasteiger partial charge in [-0.05, 0) is 142 Å². The van der Waals surface area contributed by atoms with Crippen molar-refractivity contribution in [3.05, 3.63) is 47.6 Å². The molecule has 448 valence electrons. The van der Waals surface area contributed by atoms with Crippen molar-refractivity contribution in [3.8, 4) is 0 Å². The Balaban J connectivity index is 1.68. The van der Waals surface area contributed by atoms with Crippen molar-refractivity contribution < 1.29 is 76.9 Å². The van der Waals surface area contributed by atoms with Crippen LogP contribution in [-0.4, -0.2) is 158 Å². The van der Waals surface area contributed by atoms with Crippen LogP contribution in [0.15, 0.2) is 47.6 Å². The Morgan fingerprint density at radius 1 is 0.810 bits per heavy atom. The molecule has 0 radical (unpaired) electrons. The predicted molar refractivity (Wildman–Crippen MR) is 299 cm³/mol. The third-order valence-electron chi connectivity index (χ3n) is 16.7. The van der Waals surface area contributed by atoms with Crippen molar-refractivity contribution in [2.75, 3.05) is 41.1 Å². The minimum absolute atomic E-state index is 0.00115. The molecule has 3 fully saturated rings. The Morgan fingerprint density at radius 2 is 1.48 bits per heavy atom. The summed E-state index contributed by atoms with van der Waals surface area (Å²) in [7, 11) is 4.53. The third kappa shape index (κ3) is 19.1. The lowest BCUT2D eigenvalue weighted by Crippen LogP contribution is -2.61. The molecule has 0 spiro atoms. The average molecular weight is 1110 g/mol. The number of hydrogen-bond donors (Lipinski definition) is 2. The van der Waals surface area contributed by atoms with E-state index in [1.54, 1.807) is 48.0 Å². The van der Waals surface area contributed by atoms with Crippen LogP contribution in [0.2, 0.25) is 0 Å². The molecule has 0 aromatic heterocycles. The Bertz CT molecular complexity index is 2140. The summed E-state index contributed by atoms with van der Waals surface area (Å²) >= 11 is 0. The highest BCUT2D eigenvalue weighted by atomic mass is 16.6. The molecule has 3 aliphatic heterocycles. The number of methoxy groups -OCH3 is 3. The van der Waals surface area contributed by atoms with Crippen LogP contribution in [0.5, 0.6) is 0 Å². The maximum absolute atomic E-state index is 14.7. The predicted octanol–water partition coefficient (Wildman–Crippen LogP) is 8.59. The summed E-state index contributed by atoms with van der Waals surface area (Å²) in [5, 5.41) is 23.7. The van der Waals surface area contributed by atoms with Gasteiger partial charge in [-0.1, -0.05) is 71.1 Å². The number of esters is 2. The second-order valence-electron chi connectivity index (χ2n) is 24.2. The number of allylic oxidation sites excluding steroid dienone is 6. The van der Waals surface area contributed by atoms with Gasteiger partial charge in [-0.3, -0.25) is 24.0 Å². The molecule has 1 amide bonds. The fraction of sp³-hybridized carbons (Fsp3) is 0.774. The lowest BCUT2D eigenvalue weighted by atomic mass is 9.78. The van der Waals surface area contributed by atoms with E-state index in [1.165, 1.54) is 12.0 Å². The van der Waals surface area contributed by atoms with Crippen molar-refractivity contribution in [2.45, 2.75) is 227 Å². The number of aliphatic hydroxyl groups excluding tert-OH is 1. The standard InChI is InChI=1S/C62H99NO16/c1-37(2)75-35-61(12,36-76-38(3)4)60(70)78-50-27-25-46(32-53(50)73-14)31-42(8)52-34-49(64)41(7)30-44(10)55(66)56(74-15)54(65)43(9)29-39(5)21-17-16-18-22-40(6)51(72-13)33-47-26-24-45(11)62(71,79-47)57(67)58(68)63-28-20-19-23-48(63)59(69)77-52/h16-18,21-22,30,37-39,41-43,45-48,50-53,55-56,66,71H,19-20,23-29,31-36H2,1-15H3/b18-16?,21-17+,40-22?,44-30+/t39-,41-,42-,43-,45-,46+,47+,48+,50-,51+,52+,53-,55-,56+,62-/m1/s1. The fourth-order valence-electron chi connectivity index (χ4n) is 11.4. The highest BCUT2D eigenvalue weighted by Gasteiger charge is 2.53. The molecule has 3 heterocycles. The quantitative estimate of drug-likeness (QED) is 0.0945. The van der Waals surface area contributed by atoms with E-state index in [0.29, 0.717) is 69.8 Å². The summed E-state index contributed by atoms with van der Waals surface area (Å²) in [6.45, 7) is 22.3. The molecular formula is C62H99NO16. The van der Waals surface area contributed by atoms with Gasteiger partial charge in [0, 0.05) is 58.5 Å². The van der Waals surface area contributed by atoms with Gasteiger partial charge < -0.3 is 53.0 Å². The molecular weight excluding hydrogens is 1010 g/mol. The Hall–Kier alpha value is -3.94. The fourth-order valence-corrected chi connectivity index (χ4v) is 11.4. The molecule has 17 heteroatoms. The molecule has 0 aromatic carbocycles. The number of piperidine rings is 1. The number of carbonyl (C=O) groups excluding carboxylic acids is 6. The van der Waals surface area contributed by atoms with E-state index in [0.717, 1.165) is 5.57 Å². The lowest BCUT2D eigenvalue weighted by Gasteiger charge is -2.42. The van der Waals surface area contributed by atoms with Crippen molar-refractivity contribution in [3.63, 3.8) is 0 Å². The molecule has 1 aliphatic carbocycles. The zero-order valence-corrected chi connectivity index (χ0v) is 50.4. The number of Topliss-reactive ketones (excluding diaryl/α,β-unsaturated/α-hetero) is 3. The van der Waals surface area contributed by atoms with E-state index in [-0.39, 0.29) is 68.2 Å². The van der Waals surface area contributed by atoms with Gasteiger partial charge in [0.2, 0.25) is 5.79 Å². The lowest BCUT2D eigenvalue weighted by molar-refractivity contribution is -0.265. The van der Waals surface area contributed by atoms with Crippen LogP contribution in [0.25, 0.3) is 0 Å². The van der Waals surface area contributed by atoms with Crippen molar-refractivity contribution >= 4 is 35.2 Å². The smallest absolute Gasteiger partial charge is 0.329 e. The van der Waals surface area contributed by atoms with E-state index in [2.05, 4.69) is 0 Å². The maximum atomic E-state index is 14.7. The van der Waals surface area contributed by atoms with Crippen LogP contribution < -0.4 is 0 Å². The van der Waals surface area contributed by atoms with Gasteiger partial charge in [-0.2, -0.15) is 0 Å². The minimum Gasteiger partial charge on any atom is -0.460 e. The molecule has 17 nitrogen and oxygen atoms in total. The van der Waals surface area contributed by atoms with E-state index < -0.39 is 107 Å². The van der Waals surface area contributed by atoms with Crippen LogP contribution in [0.3, 0.4) is 0 Å². The van der Waals surface area contributed by atoms with Crippen LogP contribution in [0.1, 0.15) is 160 Å². The summed E-state index contributed by atoms with van der Waals surface area (Å²) in [4.78, 5) is 86.9. The van der Waals surface area contributed by atoms with E-state index >= 15 is 0 Å². The van der Waals surface area contributed by atoms with Crippen molar-refractivity contribution in [1.82, 2.24) is 4.90 Å². The summed E-state index contributed by atoms with van der Waals surface area (Å²) in [5.74, 6) is -8.87. The zero-order chi connectivity index (χ0) is 58.9. The van der Waals surface area contributed by atoms with E-state index in [1.807, 2.05) is 85.8 Å².